The SMILES string of the molecule is Cc1ccc(-c2cc(Cl)c(Cl)cc2Cl)s1. The van der Waals surface area contributed by atoms with Crippen LogP contribution in [0.3, 0.4) is 0 Å². The molecule has 0 spiro atoms. The summed E-state index contributed by atoms with van der Waals surface area (Å²) in [5, 5.41) is 1.65. The Balaban J connectivity index is 2.58. The lowest BCUT2D eigenvalue weighted by atomic mass is 10.2. The molecular formula is C11H7Cl3S. The maximum absolute atomic E-state index is 6.11. The standard InChI is InChI=1S/C11H7Cl3S/c1-6-2-3-11(15-6)7-4-9(13)10(14)5-8(7)12/h2-5H,1H3. The minimum atomic E-state index is 0.485. The molecule has 4 heteroatoms. The van der Waals surface area contributed by atoms with E-state index in [9.17, 15) is 0 Å². The highest BCUT2D eigenvalue weighted by molar-refractivity contribution is 7.15. The van der Waals surface area contributed by atoms with Crippen molar-refractivity contribution in [2.45, 2.75) is 6.92 Å². The van der Waals surface area contributed by atoms with Gasteiger partial charge in [-0.05, 0) is 31.2 Å². The summed E-state index contributed by atoms with van der Waals surface area (Å²) in [6.45, 7) is 2.06. The van der Waals surface area contributed by atoms with Crippen molar-refractivity contribution in [1.82, 2.24) is 0 Å². The third-order valence-electron chi connectivity index (χ3n) is 2.02. The largest absolute Gasteiger partial charge is 0.141 e. The fourth-order valence-corrected chi connectivity index (χ4v) is 2.89. The molecule has 0 fully saturated rings. The molecule has 1 aromatic carbocycles. The van der Waals surface area contributed by atoms with Gasteiger partial charge in [-0.15, -0.1) is 11.3 Å². The van der Waals surface area contributed by atoms with E-state index in [2.05, 4.69) is 13.0 Å². The van der Waals surface area contributed by atoms with Crippen molar-refractivity contribution in [1.29, 1.82) is 0 Å². The third-order valence-corrected chi connectivity index (χ3v) is 4.08. The Morgan fingerprint density at radius 3 is 2.20 bits per heavy atom. The fourth-order valence-electron chi connectivity index (χ4n) is 1.29. The molecule has 0 nitrogen and oxygen atoms in total. The second-order valence-corrected chi connectivity index (χ2v) is 5.67. The number of rotatable bonds is 1. The molecule has 2 rings (SSSR count). The number of halogens is 3. The summed E-state index contributed by atoms with van der Waals surface area (Å²) in [6.07, 6.45) is 0. The number of thiophene rings is 1. The van der Waals surface area contributed by atoms with Crippen LogP contribution in [-0.4, -0.2) is 0 Å². The van der Waals surface area contributed by atoms with Crippen LogP contribution in [-0.2, 0) is 0 Å². The first-order valence-electron chi connectivity index (χ1n) is 4.29. The highest BCUT2D eigenvalue weighted by Gasteiger charge is 2.09. The van der Waals surface area contributed by atoms with Gasteiger partial charge in [-0.1, -0.05) is 34.8 Å². The molecule has 0 bridgehead atoms. The molecule has 0 atom stereocenters. The van der Waals surface area contributed by atoms with Crippen molar-refractivity contribution < 1.29 is 0 Å². The summed E-state index contributed by atoms with van der Waals surface area (Å²) in [4.78, 5) is 2.35. The zero-order valence-corrected chi connectivity index (χ0v) is 10.9. The first-order valence-corrected chi connectivity index (χ1v) is 6.24. The Hall–Kier alpha value is -0.210. The summed E-state index contributed by atoms with van der Waals surface area (Å²) in [5.74, 6) is 0. The van der Waals surface area contributed by atoms with Gasteiger partial charge in [0, 0.05) is 15.3 Å². The van der Waals surface area contributed by atoms with Gasteiger partial charge < -0.3 is 0 Å². The van der Waals surface area contributed by atoms with E-state index in [1.807, 2.05) is 6.07 Å². The Kier molecular flexibility index (Phi) is 3.27. The molecule has 2 aromatic rings. The van der Waals surface area contributed by atoms with Crippen LogP contribution in [0.25, 0.3) is 10.4 Å². The number of hydrogen-bond acceptors (Lipinski definition) is 1. The van der Waals surface area contributed by atoms with Gasteiger partial charge >= 0.3 is 0 Å². The Bertz CT molecular complexity index is 503. The highest BCUT2D eigenvalue weighted by Crippen LogP contribution is 2.37. The predicted octanol–water partition coefficient (Wildman–Crippen LogP) is 5.68. The van der Waals surface area contributed by atoms with Gasteiger partial charge in [-0.2, -0.15) is 0 Å². The van der Waals surface area contributed by atoms with Gasteiger partial charge in [0.25, 0.3) is 0 Å². The van der Waals surface area contributed by atoms with Crippen molar-refractivity contribution in [3.05, 3.63) is 44.2 Å². The van der Waals surface area contributed by atoms with Gasteiger partial charge in [-0.25, -0.2) is 0 Å². The molecule has 0 radical (unpaired) electrons. The molecule has 15 heavy (non-hydrogen) atoms. The molecule has 0 aliphatic carbocycles. The predicted molar refractivity (Wildman–Crippen MR) is 69.5 cm³/mol. The fraction of sp³-hybridized carbons (Fsp3) is 0.0909. The Morgan fingerprint density at radius 2 is 1.60 bits per heavy atom. The van der Waals surface area contributed by atoms with E-state index < -0.39 is 0 Å². The topological polar surface area (TPSA) is 0 Å². The van der Waals surface area contributed by atoms with E-state index >= 15 is 0 Å². The van der Waals surface area contributed by atoms with Crippen LogP contribution in [0.1, 0.15) is 4.88 Å². The zero-order valence-electron chi connectivity index (χ0n) is 7.85. The summed E-state index contributed by atoms with van der Waals surface area (Å²) in [5.41, 5.74) is 0.934. The minimum absolute atomic E-state index is 0.485. The smallest absolute Gasteiger partial charge is 0.0607 e. The van der Waals surface area contributed by atoms with Gasteiger partial charge in [0.1, 0.15) is 0 Å². The van der Waals surface area contributed by atoms with Crippen molar-refractivity contribution >= 4 is 46.1 Å². The number of hydrogen-bond donors (Lipinski definition) is 0. The molecule has 78 valence electrons. The van der Waals surface area contributed by atoms with E-state index in [4.69, 9.17) is 34.8 Å². The van der Waals surface area contributed by atoms with Crippen LogP contribution >= 0.6 is 46.1 Å². The first-order chi connectivity index (χ1) is 7.08. The Morgan fingerprint density at radius 1 is 0.933 bits per heavy atom. The van der Waals surface area contributed by atoms with Gasteiger partial charge in [0.05, 0.1) is 15.1 Å². The van der Waals surface area contributed by atoms with Gasteiger partial charge in [0.15, 0.2) is 0 Å². The normalized spacial score (nSPS) is 10.7. The summed E-state index contributed by atoms with van der Waals surface area (Å²) in [7, 11) is 0. The lowest BCUT2D eigenvalue weighted by Gasteiger charge is -2.03. The van der Waals surface area contributed by atoms with E-state index in [0.717, 1.165) is 10.4 Å². The Labute approximate surface area is 107 Å². The molecule has 1 heterocycles. The maximum Gasteiger partial charge on any atom is 0.0607 e. The molecule has 0 aliphatic rings. The van der Waals surface area contributed by atoms with Crippen molar-refractivity contribution in [3.8, 4) is 10.4 Å². The van der Waals surface area contributed by atoms with Crippen LogP contribution in [0, 0.1) is 6.92 Å². The van der Waals surface area contributed by atoms with Crippen molar-refractivity contribution in [2.75, 3.05) is 0 Å². The van der Waals surface area contributed by atoms with Gasteiger partial charge in [0.2, 0.25) is 0 Å². The van der Waals surface area contributed by atoms with E-state index in [1.54, 1.807) is 23.5 Å². The minimum Gasteiger partial charge on any atom is -0.141 e. The van der Waals surface area contributed by atoms with Crippen molar-refractivity contribution in [3.63, 3.8) is 0 Å². The van der Waals surface area contributed by atoms with Gasteiger partial charge in [-0.3, -0.25) is 0 Å². The molecule has 0 saturated carbocycles. The second kappa shape index (κ2) is 4.34. The highest BCUT2D eigenvalue weighted by atomic mass is 35.5. The van der Waals surface area contributed by atoms with Crippen LogP contribution in [0.15, 0.2) is 24.3 Å². The zero-order chi connectivity index (χ0) is 11.0. The summed E-state index contributed by atoms with van der Waals surface area (Å²) < 4.78 is 0. The summed E-state index contributed by atoms with van der Waals surface area (Å²) >= 11 is 19.6. The van der Waals surface area contributed by atoms with Crippen LogP contribution in [0.2, 0.25) is 15.1 Å². The maximum atomic E-state index is 6.11. The number of benzene rings is 1. The first kappa shape index (κ1) is 11.3. The lowest BCUT2D eigenvalue weighted by molar-refractivity contribution is 1.64. The molecule has 0 amide bonds. The molecule has 0 aliphatic heterocycles. The van der Waals surface area contributed by atoms with Crippen LogP contribution < -0.4 is 0 Å². The van der Waals surface area contributed by atoms with Crippen LogP contribution in [0.5, 0.6) is 0 Å². The number of aryl methyl sites for hydroxylation is 1. The van der Waals surface area contributed by atoms with Crippen LogP contribution in [0.4, 0.5) is 0 Å². The average Bonchev–Trinajstić information content (AvgIpc) is 2.58. The molecule has 0 N–H and O–H groups in total. The van der Waals surface area contributed by atoms with E-state index in [1.165, 1.54) is 4.88 Å². The molecular weight excluding hydrogens is 271 g/mol. The van der Waals surface area contributed by atoms with E-state index in [-0.39, 0.29) is 0 Å². The molecule has 1 aromatic heterocycles. The van der Waals surface area contributed by atoms with Crippen molar-refractivity contribution in [2.24, 2.45) is 0 Å². The third kappa shape index (κ3) is 2.31. The lowest BCUT2D eigenvalue weighted by Crippen LogP contribution is -1.77. The quantitative estimate of drug-likeness (QED) is 0.588. The van der Waals surface area contributed by atoms with E-state index in [0.29, 0.717) is 15.1 Å². The summed E-state index contributed by atoms with van der Waals surface area (Å²) in [6, 6.07) is 7.57. The second-order valence-electron chi connectivity index (χ2n) is 3.16. The monoisotopic (exact) mass is 276 g/mol. The average molecular weight is 278 g/mol. The molecule has 0 saturated heterocycles. The molecule has 0 unspecified atom stereocenters.